The van der Waals surface area contributed by atoms with Crippen LogP contribution >= 0.6 is 11.8 Å². The summed E-state index contributed by atoms with van der Waals surface area (Å²) in [6.45, 7) is 0. The van der Waals surface area contributed by atoms with Gasteiger partial charge in [0.05, 0.1) is 16.8 Å². The molecule has 0 bridgehead atoms. The van der Waals surface area contributed by atoms with E-state index in [0.29, 0.717) is 0 Å². The first-order valence-corrected chi connectivity index (χ1v) is 7.29. The number of halogens is 5. The van der Waals surface area contributed by atoms with E-state index in [1.165, 1.54) is 30.5 Å². The van der Waals surface area contributed by atoms with Gasteiger partial charge in [-0.15, -0.1) is 0 Å². The van der Waals surface area contributed by atoms with Crippen LogP contribution in [0.4, 0.5) is 27.6 Å². The van der Waals surface area contributed by atoms with E-state index < -0.39 is 23.4 Å². The molecule has 0 aliphatic rings. The minimum Gasteiger partial charge on any atom is -0.298 e. The Morgan fingerprint density at radius 3 is 2.50 bits per heavy atom. The van der Waals surface area contributed by atoms with Crippen LogP contribution in [0.2, 0.25) is 0 Å². The molecule has 1 amide bonds. The van der Waals surface area contributed by atoms with E-state index in [0.717, 1.165) is 12.1 Å². The van der Waals surface area contributed by atoms with Gasteiger partial charge in [0.15, 0.2) is 0 Å². The second kappa shape index (κ2) is 7.47. The smallest absolute Gasteiger partial charge is 0.298 e. The third-order valence-electron chi connectivity index (χ3n) is 2.76. The normalized spacial score (nSPS) is 11.4. The van der Waals surface area contributed by atoms with Crippen LogP contribution in [0, 0.1) is 0 Å². The van der Waals surface area contributed by atoms with Crippen molar-refractivity contribution in [1.82, 2.24) is 10.4 Å². The third kappa shape index (κ3) is 4.57. The molecule has 4 nitrogen and oxygen atoms in total. The lowest BCUT2D eigenvalue weighted by Crippen LogP contribution is -2.31. The van der Waals surface area contributed by atoms with Gasteiger partial charge in [-0.1, -0.05) is 12.1 Å². The SMILES string of the molecule is O=C(NNc1ccccc1C(F)(F)F)c1cccnc1SC(F)F. The van der Waals surface area contributed by atoms with Gasteiger partial charge in [-0.3, -0.25) is 15.6 Å². The Labute approximate surface area is 137 Å². The number of hydrogen-bond donors (Lipinski definition) is 2. The molecule has 0 fully saturated rings. The number of aromatic nitrogens is 1. The number of carbonyl (C=O) groups excluding carboxylic acids is 1. The first-order chi connectivity index (χ1) is 11.3. The first kappa shape index (κ1) is 18.0. The van der Waals surface area contributed by atoms with Gasteiger partial charge in [0.1, 0.15) is 5.03 Å². The summed E-state index contributed by atoms with van der Waals surface area (Å²) in [5.41, 5.74) is 2.68. The van der Waals surface area contributed by atoms with E-state index in [9.17, 15) is 26.7 Å². The second-order valence-electron chi connectivity index (χ2n) is 4.36. The molecule has 2 rings (SSSR count). The van der Waals surface area contributed by atoms with Crippen molar-refractivity contribution < 1.29 is 26.7 Å². The summed E-state index contributed by atoms with van der Waals surface area (Å²) in [5, 5.41) is -0.226. The maximum absolute atomic E-state index is 12.9. The van der Waals surface area contributed by atoms with Crippen LogP contribution < -0.4 is 10.9 Å². The van der Waals surface area contributed by atoms with Crippen LogP contribution in [0.1, 0.15) is 15.9 Å². The molecule has 0 radical (unpaired) electrons. The summed E-state index contributed by atoms with van der Waals surface area (Å²) >= 11 is 0.0694. The summed E-state index contributed by atoms with van der Waals surface area (Å²) in [6.07, 6.45) is -3.38. The maximum atomic E-state index is 12.9. The highest BCUT2D eigenvalue weighted by atomic mass is 32.2. The standard InChI is InChI=1S/C14H10F5N3OS/c15-13(16)24-12-8(4-3-7-20-12)11(23)22-21-10-6-2-1-5-9(10)14(17,18)19/h1-7,13,21H,(H,22,23). The number of hydrazine groups is 1. The van der Waals surface area contributed by atoms with Gasteiger partial charge in [-0.25, -0.2) is 4.98 Å². The number of nitrogens with one attached hydrogen (secondary N) is 2. The summed E-state index contributed by atoms with van der Waals surface area (Å²) in [6, 6.07) is 7.12. The molecule has 0 aliphatic carbocycles. The molecular weight excluding hydrogens is 353 g/mol. The highest BCUT2D eigenvalue weighted by molar-refractivity contribution is 7.99. The van der Waals surface area contributed by atoms with E-state index >= 15 is 0 Å². The lowest BCUT2D eigenvalue weighted by Gasteiger charge is -2.15. The zero-order valence-electron chi connectivity index (χ0n) is 11.8. The zero-order chi connectivity index (χ0) is 17.7. The van der Waals surface area contributed by atoms with Gasteiger partial charge in [0, 0.05) is 6.20 Å². The predicted octanol–water partition coefficient (Wildman–Crippen LogP) is 4.17. The lowest BCUT2D eigenvalue weighted by atomic mass is 10.2. The Bertz CT molecular complexity index is 724. The average molecular weight is 363 g/mol. The van der Waals surface area contributed by atoms with Crippen LogP contribution in [0.3, 0.4) is 0 Å². The van der Waals surface area contributed by atoms with Crippen LogP contribution in [0.15, 0.2) is 47.6 Å². The molecular formula is C14H10F5N3OS. The minimum atomic E-state index is -4.61. The van der Waals surface area contributed by atoms with Crippen molar-refractivity contribution in [3.63, 3.8) is 0 Å². The number of carbonyl (C=O) groups is 1. The van der Waals surface area contributed by atoms with E-state index in [2.05, 4.69) is 15.8 Å². The van der Waals surface area contributed by atoms with Crippen molar-refractivity contribution in [2.24, 2.45) is 0 Å². The number of nitrogens with zero attached hydrogens (tertiary/aromatic N) is 1. The second-order valence-corrected chi connectivity index (χ2v) is 5.34. The molecule has 0 unspecified atom stereocenters. The molecule has 2 aromatic rings. The molecule has 1 heterocycles. The van der Waals surface area contributed by atoms with E-state index in [1.54, 1.807) is 0 Å². The first-order valence-electron chi connectivity index (χ1n) is 6.41. The number of anilines is 1. The Morgan fingerprint density at radius 1 is 1.12 bits per heavy atom. The Balaban J connectivity index is 2.15. The molecule has 2 N–H and O–H groups in total. The topological polar surface area (TPSA) is 54.0 Å². The largest absolute Gasteiger partial charge is 0.418 e. The number of amides is 1. The van der Waals surface area contributed by atoms with Crippen LogP contribution in [-0.4, -0.2) is 16.6 Å². The van der Waals surface area contributed by atoms with E-state index in [1.807, 2.05) is 0 Å². The fourth-order valence-corrected chi connectivity index (χ4v) is 2.35. The highest BCUT2D eigenvalue weighted by Crippen LogP contribution is 2.34. The fraction of sp³-hybridized carbons (Fsp3) is 0.143. The molecule has 0 saturated carbocycles. The van der Waals surface area contributed by atoms with Gasteiger partial charge >= 0.3 is 6.18 Å². The number of rotatable bonds is 5. The summed E-state index contributed by atoms with van der Waals surface area (Å²) in [7, 11) is 0. The number of benzene rings is 1. The highest BCUT2D eigenvalue weighted by Gasteiger charge is 2.33. The molecule has 1 aromatic heterocycles. The van der Waals surface area contributed by atoms with Gasteiger partial charge < -0.3 is 0 Å². The number of thioether (sulfide) groups is 1. The predicted molar refractivity (Wildman–Crippen MR) is 78.6 cm³/mol. The number of alkyl halides is 5. The summed E-state index contributed by atoms with van der Waals surface area (Å²) in [5.74, 6) is -3.67. The number of pyridine rings is 1. The Hall–Kier alpha value is -2.36. The van der Waals surface area contributed by atoms with Gasteiger partial charge in [0.25, 0.3) is 11.7 Å². The van der Waals surface area contributed by atoms with Gasteiger partial charge in [0.2, 0.25) is 0 Å². The van der Waals surface area contributed by atoms with Gasteiger partial charge in [-0.05, 0) is 36.0 Å². The van der Waals surface area contributed by atoms with Crippen molar-refractivity contribution in [3.05, 3.63) is 53.7 Å². The molecule has 10 heteroatoms. The van der Waals surface area contributed by atoms with Crippen LogP contribution in [0.25, 0.3) is 0 Å². The van der Waals surface area contributed by atoms with Crippen molar-refractivity contribution in [2.45, 2.75) is 17.0 Å². The lowest BCUT2D eigenvalue weighted by molar-refractivity contribution is -0.137. The van der Waals surface area contributed by atoms with E-state index in [-0.39, 0.29) is 28.0 Å². The zero-order valence-corrected chi connectivity index (χ0v) is 12.6. The average Bonchev–Trinajstić information content (AvgIpc) is 2.52. The maximum Gasteiger partial charge on any atom is 0.418 e. The molecule has 128 valence electrons. The molecule has 0 atom stereocenters. The van der Waals surface area contributed by atoms with E-state index in [4.69, 9.17) is 0 Å². The molecule has 0 aliphatic heterocycles. The monoisotopic (exact) mass is 363 g/mol. The fourth-order valence-electron chi connectivity index (χ4n) is 1.77. The number of hydrogen-bond acceptors (Lipinski definition) is 4. The van der Waals surface area contributed by atoms with Crippen molar-refractivity contribution >= 4 is 23.4 Å². The van der Waals surface area contributed by atoms with Crippen LogP contribution in [-0.2, 0) is 6.18 Å². The van der Waals surface area contributed by atoms with Crippen molar-refractivity contribution in [2.75, 3.05) is 5.43 Å². The minimum absolute atomic E-state index is 0.0694. The Morgan fingerprint density at radius 2 is 1.83 bits per heavy atom. The molecule has 24 heavy (non-hydrogen) atoms. The quantitative estimate of drug-likeness (QED) is 0.476. The molecule has 1 aromatic carbocycles. The van der Waals surface area contributed by atoms with Crippen molar-refractivity contribution in [1.29, 1.82) is 0 Å². The van der Waals surface area contributed by atoms with Crippen molar-refractivity contribution in [3.8, 4) is 0 Å². The summed E-state index contributed by atoms with van der Waals surface area (Å²) in [4.78, 5) is 15.7. The number of para-hydroxylation sites is 1. The van der Waals surface area contributed by atoms with Crippen LogP contribution in [0.5, 0.6) is 0 Å². The third-order valence-corrected chi connectivity index (χ3v) is 3.49. The Kier molecular flexibility index (Phi) is 5.60. The summed E-state index contributed by atoms with van der Waals surface area (Å²) < 4.78 is 63.5. The molecule has 0 saturated heterocycles. The molecule has 0 spiro atoms. The van der Waals surface area contributed by atoms with Gasteiger partial charge in [-0.2, -0.15) is 22.0 Å².